The molecule has 0 saturated heterocycles. The summed E-state index contributed by atoms with van der Waals surface area (Å²) in [6.45, 7) is 16.7. The van der Waals surface area contributed by atoms with E-state index in [1.807, 2.05) is 18.2 Å². The Balaban J connectivity index is 2.83. The lowest BCUT2D eigenvalue weighted by molar-refractivity contribution is 0.342. The standard InChI is InChI=1S/C20H24/c1-6-14-20(15(5)7-2)18(9-4)16(8-3)17-12-10-11-13-19(17)20/h6,8-13,15H,1,3-4,7,14H2,2,5H3. The van der Waals surface area contributed by atoms with Crippen molar-refractivity contribution >= 4 is 5.57 Å². The van der Waals surface area contributed by atoms with E-state index in [2.05, 4.69) is 57.8 Å². The molecule has 104 valence electrons. The zero-order valence-corrected chi connectivity index (χ0v) is 12.7. The molecule has 2 unspecified atom stereocenters. The minimum atomic E-state index is -0.00162. The Labute approximate surface area is 123 Å². The minimum Gasteiger partial charge on any atom is -0.103 e. The zero-order chi connectivity index (χ0) is 14.8. The summed E-state index contributed by atoms with van der Waals surface area (Å²) in [5, 5.41) is 0. The summed E-state index contributed by atoms with van der Waals surface area (Å²) >= 11 is 0. The maximum Gasteiger partial charge on any atom is 0.0274 e. The molecule has 0 spiro atoms. The van der Waals surface area contributed by atoms with E-state index in [-0.39, 0.29) is 5.41 Å². The van der Waals surface area contributed by atoms with Gasteiger partial charge in [-0.3, -0.25) is 0 Å². The fourth-order valence-electron chi connectivity index (χ4n) is 3.68. The van der Waals surface area contributed by atoms with Gasteiger partial charge in [0.1, 0.15) is 0 Å². The van der Waals surface area contributed by atoms with E-state index in [4.69, 9.17) is 0 Å². The van der Waals surface area contributed by atoms with Gasteiger partial charge in [-0.1, -0.05) is 75.9 Å². The van der Waals surface area contributed by atoms with Crippen LogP contribution < -0.4 is 0 Å². The van der Waals surface area contributed by atoms with E-state index in [0.29, 0.717) is 5.92 Å². The van der Waals surface area contributed by atoms with Gasteiger partial charge in [0, 0.05) is 5.41 Å². The van der Waals surface area contributed by atoms with Crippen LogP contribution in [0.5, 0.6) is 0 Å². The quantitative estimate of drug-likeness (QED) is 0.579. The van der Waals surface area contributed by atoms with Crippen LogP contribution in [-0.4, -0.2) is 0 Å². The lowest BCUT2D eigenvalue weighted by Crippen LogP contribution is -2.33. The number of hydrogen-bond donors (Lipinski definition) is 0. The molecule has 0 aliphatic heterocycles. The third-order valence-electron chi connectivity index (χ3n) is 4.80. The predicted octanol–water partition coefficient (Wildman–Crippen LogP) is 5.69. The fraction of sp³-hybridized carbons (Fsp3) is 0.300. The molecule has 1 aliphatic carbocycles. The van der Waals surface area contributed by atoms with Crippen LogP contribution in [0.25, 0.3) is 5.57 Å². The van der Waals surface area contributed by atoms with Crippen LogP contribution >= 0.6 is 0 Å². The lowest BCUT2D eigenvalue weighted by Gasteiger charge is -2.38. The summed E-state index contributed by atoms with van der Waals surface area (Å²) in [5.74, 6) is 0.534. The summed E-state index contributed by atoms with van der Waals surface area (Å²) in [7, 11) is 0. The third kappa shape index (κ3) is 1.83. The Morgan fingerprint density at radius 1 is 1.15 bits per heavy atom. The maximum absolute atomic E-state index is 4.08. The molecule has 0 radical (unpaired) electrons. The van der Waals surface area contributed by atoms with Crippen LogP contribution in [0.1, 0.15) is 37.8 Å². The van der Waals surface area contributed by atoms with E-state index in [0.717, 1.165) is 12.8 Å². The van der Waals surface area contributed by atoms with Crippen molar-refractivity contribution in [2.24, 2.45) is 5.92 Å². The van der Waals surface area contributed by atoms with Gasteiger partial charge in [0.15, 0.2) is 0 Å². The van der Waals surface area contributed by atoms with Crippen LogP contribution in [0.4, 0.5) is 0 Å². The SMILES string of the molecule is C=CCC1(C(C)CC)C(C=C)=C(C=C)c2ccccc21. The first-order valence-electron chi connectivity index (χ1n) is 7.37. The van der Waals surface area contributed by atoms with E-state index in [9.17, 15) is 0 Å². The number of benzene rings is 1. The molecular formula is C20H24. The van der Waals surface area contributed by atoms with Gasteiger partial charge in [-0.25, -0.2) is 0 Å². The summed E-state index contributed by atoms with van der Waals surface area (Å²) < 4.78 is 0. The first kappa shape index (κ1) is 14.6. The van der Waals surface area contributed by atoms with Gasteiger partial charge < -0.3 is 0 Å². The monoisotopic (exact) mass is 264 g/mol. The molecule has 20 heavy (non-hydrogen) atoms. The second-order valence-corrected chi connectivity index (χ2v) is 5.55. The Kier molecular flexibility index (Phi) is 4.13. The highest BCUT2D eigenvalue weighted by Gasteiger charge is 2.45. The van der Waals surface area contributed by atoms with Crippen molar-refractivity contribution in [3.63, 3.8) is 0 Å². The summed E-state index contributed by atoms with van der Waals surface area (Å²) in [5.41, 5.74) is 5.25. The molecule has 0 heteroatoms. The average Bonchev–Trinajstić information content (AvgIpc) is 2.77. The van der Waals surface area contributed by atoms with Crippen molar-refractivity contribution in [2.45, 2.75) is 32.1 Å². The van der Waals surface area contributed by atoms with Crippen molar-refractivity contribution in [1.82, 2.24) is 0 Å². The van der Waals surface area contributed by atoms with Crippen molar-refractivity contribution in [3.05, 3.63) is 78.9 Å². The highest BCUT2D eigenvalue weighted by atomic mass is 14.5. The van der Waals surface area contributed by atoms with Crippen molar-refractivity contribution < 1.29 is 0 Å². The summed E-state index contributed by atoms with van der Waals surface area (Å²) in [4.78, 5) is 0. The Morgan fingerprint density at radius 2 is 1.85 bits per heavy atom. The van der Waals surface area contributed by atoms with Gasteiger partial charge in [0.2, 0.25) is 0 Å². The van der Waals surface area contributed by atoms with Crippen LogP contribution in [-0.2, 0) is 5.41 Å². The molecular weight excluding hydrogens is 240 g/mol. The second-order valence-electron chi connectivity index (χ2n) is 5.55. The topological polar surface area (TPSA) is 0 Å². The Bertz CT molecular complexity index is 573. The number of rotatable bonds is 6. The molecule has 2 rings (SSSR count). The molecule has 1 aliphatic rings. The molecule has 0 aromatic heterocycles. The smallest absolute Gasteiger partial charge is 0.0274 e. The Hall–Kier alpha value is -1.82. The second kappa shape index (κ2) is 5.66. The molecule has 0 nitrogen and oxygen atoms in total. The summed E-state index contributed by atoms with van der Waals surface area (Å²) in [6, 6.07) is 8.68. The van der Waals surface area contributed by atoms with Gasteiger partial charge in [-0.2, -0.15) is 0 Å². The molecule has 0 heterocycles. The van der Waals surface area contributed by atoms with Gasteiger partial charge in [0.05, 0.1) is 0 Å². The highest BCUT2D eigenvalue weighted by Crippen LogP contribution is 2.54. The van der Waals surface area contributed by atoms with E-state index in [1.165, 1.54) is 22.3 Å². The third-order valence-corrected chi connectivity index (χ3v) is 4.80. The molecule has 0 amide bonds. The van der Waals surface area contributed by atoms with Crippen LogP contribution in [0.2, 0.25) is 0 Å². The molecule has 1 aromatic carbocycles. The van der Waals surface area contributed by atoms with E-state index >= 15 is 0 Å². The Morgan fingerprint density at radius 3 is 2.40 bits per heavy atom. The number of allylic oxidation sites excluding steroid dienone is 5. The van der Waals surface area contributed by atoms with Crippen LogP contribution in [0.3, 0.4) is 0 Å². The van der Waals surface area contributed by atoms with E-state index in [1.54, 1.807) is 0 Å². The zero-order valence-electron chi connectivity index (χ0n) is 12.7. The fourth-order valence-corrected chi connectivity index (χ4v) is 3.68. The van der Waals surface area contributed by atoms with Gasteiger partial charge in [-0.15, -0.1) is 6.58 Å². The largest absolute Gasteiger partial charge is 0.103 e. The van der Waals surface area contributed by atoms with Crippen molar-refractivity contribution in [1.29, 1.82) is 0 Å². The normalized spacial score (nSPS) is 22.3. The van der Waals surface area contributed by atoms with Gasteiger partial charge >= 0.3 is 0 Å². The van der Waals surface area contributed by atoms with Gasteiger partial charge in [-0.05, 0) is 34.6 Å². The predicted molar refractivity (Wildman–Crippen MR) is 89.7 cm³/mol. The van der Waals surface area contributed by atoms with Gasteiger partial charge in [0.25, 0.3) is 0 Å². The molecule has 0 N–H and O–H groups in total. The molecule has 2 atom stereocenters. The average molecular weight is 264 g/mol. The lowest BCUT2D eigenvalue weighted by atomic mass is 9.65. The number of hydrogen-bond acceptors (Lipinski definition) is 0. The maximum atomic E-state index is 4.08. The van der Waals surface area contributed by atoms with Crippen molar-refractivity contribution in [3.8, 4) is 0 Å². The van der Waals surface area contributed by atoms with Crippen LogP contribution in [0, 0.1) is 5.92 Å². The molecule has 0 fully saturated rings. The van der Waals surface area contributed by atoms with E-state index < -0.39 is 0 Å². The first-order valence-corrected chi connectivity index (χ1v) is 7.37. The molecule has 1 aromatic rings. The van der Waals surface area contributed by atoms with Crippen molar-refractivity contribution in [2.75, 3.05) is 0 Å². The number of fused-ring (bicyclic) bond motifs is 1. The first-order chi connectivity index (χ1) is 9.67. The summed E-state index contributed by atoms with van der Waals surface area (Å²) in [6.07, 6.45) is 8.11. The minimum absolute atomic E-state index is 0.00162. The van der Waals surface area contributed by atoms with Crippen LogP contribution in [0.15, 0.2) is 67.8 Å². The molecule has 0 saturated carbocycles. The highest BCUT2D eigenvalue weighted by molar-refractivity contribution is 5.87. The molecule has 0 bridgehead atoms.